The topological polar surface area (TPSA) is 51.1 Å². The van der Waals surface area contributed by atoms with Gasteiger partial charge in [-0.25, -0.2) is 0 Å². The van der Waals surface area contributed by atoms with Gasteiger partial charge < -0.3 is 15.4 Å². The lowest BCUT2D eigenvalue weighted by Crippen LogP contribution is -2.19. The summed E-state index contributed by atoms with van der Waals surface area (Å²) in [5.41, 5.74) is 3.00. The first-order valence-corrected chi connectivity index (χ1v) is 8.51. The molecule has 0 spiro atoms. The van der Waals surface area contributed by atoms with E-state index in [1.165, 1.54) is 0 Å². The predicted octanol–water partition coefficient (Wildman–Crippen LogP) is 4.14. The van der Waals surface area contributed by atoms with Crippen LogP contribution < -0.4 is 15.4 Å². The van der Waals surface area contributed by atoms with Crippen LogP contribution in [-0.4, -0.2) is 21.5 Å². The molecule has 6 heteroatoms. The van der Waals surface area contributed by atoms with Gasteiger partial charge in [-0.1, -0.05) is 12.1 Å². The highest BCUT2D eigenvalue weighted by atomic mass is 32.1. The molecule has 0 fully saturated rings. The molecule has 0 saturated carbocycles. The number of nitrogens with zero attached hydrogens (tertiary/aromatic N) is 2. The summed E-state index contributed by atoms with van der Waals surface area (Å²) in [6, 6.07) is 17.7. The molecule has 3 aromatic rings. The number of aromatic nitrogens is 2. The molecule has 0 unspecified atom stereocenters. The zero-order valence-corrected chi connectivity index (χ0v) is 14.8. The molecule has 0 aliphatic heterocycles. The van der Waals surface area contributed by atoms with Crippen molar-refractivity contribution in [1.29, 1.82) is 0 Å². The Balaban J connectivity index is 1.58. The third-order valence-corrected chi connectivity index (χ3v) is 3.72. The zero-order chi connectivity index (χ0) is 17.5. The number of thiocarbonyl (C=S) groups is 1. The van der Waals surface area contributed by atoms with Crippen molar-refractivity contribution >= 4 is 28.7 Å². The normalized spacial score (nSPS) is 10.3. The monoisotopic (exact) mass is 352 g/mol. The molecule has 0 amide bonds. The Hall–Kier alpha value is -2.86. The highest BCUT2D eigenvalue weighted by Gasteiger charge is 2.02. The number of rotatable bonds is 6. The van der Waals surface area contributed by atoms with Crippen LogP contribution in [0.1, 0.15) is 12.5 Å². The molecule has 25 heavy (non-hydrogen) atoms. The lowest BCUT2D eigenvalue weighted by atomic mass is 10.2. The fourth-order valence-electron chi connectivity index (χ4n) is 2.42. The Morgan fingerprint density at radius 3 is 2.60 bits per heavy atom. The van der Waals surface area contributed by atoms with E-state index in [2.05, 4.69) is 27.9 Å². The molecule has 1 aromatic heterocycles. The molecular formula is C19H20N4OS. The molecule has 1 heterocycles. The van der Waals surface area contributed by atoms with E-state index >= 15 is 0 Å². The van der Waals surface area contributed by atoms with Crippen LogP contribution in [0.2, 0.25) is 0 Å². The van der Waals surface area contributed by atoms with Crippen molar-refractivity contribution in [3.63, 3.8) is 0 Å². The fourth-order valence-corrected chi connectivity index (χ4v) is 2.66. The summed E-state index contributed by atoms with van der Waals surface area (Å²) in [5, 5.41) is 11.1. The van der Waals surface area contributed by atoms with Crippen molar-refractivity contribution < 1.29 is 4.74 Å². The van der Waals surface area contributed by atoms with Crippen LogP contribution in [0.3, 0.4) is 0 Å². The zero-order valence-electron chi connectivity index (χ0n) is 14.0. The van der Waals surface area contributed by atoms with Crippen LogP contribution in [0.4, 0.5) is 11.4 Å². The fraction of sp³-hybridized carbons (Fsp3) is 0.158. The first-order valence-electron chi connectivity index (χ1n) is 8.10. The summed E-state index contributed by atoms with van der Waals surface area (Å²) in [6.07, 6.45) is 3.72. The van der Waals surface area contributed by atoms with Crippen molar-refractivity contribution in [3.05, 3.63) is 72.6 Å². The molecular weight excluding hydrogens is 332 g/mol. The maximum Gasteiger partial charge on any atom is 0.175 e. The van der Waals surface area contributed by atoms with Gasteiger partial charge in [0.05, 0.1) is 13.2 Å². The standard InChI is InChI=1S/C19H20N4OS/c1-2-24-18-9-7-16(8-10-18)21-19(25)22-17-6-3-5-15(13-17)14-23-12-4-11-20-23/h3-13H,2,14H2,1H3,(H2,21,22,25). The van der Waals surface area contributed by atoms with Gasteiger partial charge in [0.2, 0.25) is 0 Å². The molecule has 0 aliphatic rings. The van der Waals surface area contributed by atoms with Crippen LogP contribution in [0, 0.1) is 0 Å². The van der Waals surface area contributed by atoms with Gasteiger partial charge in [0.15, 0.2) is 5.11 Å². The summed E-state index contributed by atoms with van der Waals surface area (Å²) in [7, 11) is 0. The molecule has 3 rings (SSSR count). The Labute approximate surface area is 152 Å². The number of benzene rings is 2. The van der Waals surface area contributed by atoms with Crippen LogP contribution >= 0.6 is 12.2 Å². The Kier molecular flexibility index (Phi) is 5.64. The maximum absolute atomic E-state index is 5.43. The second-order valence-electron chi connectivity index (χ2n) is 5.44. The van der Waals surface area contributed by atoms with Crippen molar-refractivity contribution in [3.8, 4) is 5.75 Å². The molecule has 0 saturated heterocycles. The SMILES string of the molecule is CCOc1ccc(NC(=S)Nc2cccc(Cn3cccn3)c2)cc1. The van der Waals surface area contributed by atoms with E-state index in [1.54, 1.807) is 6.20 Å². The lowest BCUT2D eigenvalue weighted by Gasteiger charge is -2.12. The van der Waals surface area contributed by atoms with E-state index in [4.69, 9.17) is 17.0 Å². The molecule has 0 aliphatic carbocycles. The average Bonchev–Trinajstić information content (AvgIpc) is 3.10. The third kappa shape index (κ3) is 5.06. The van der Waals surface area contributed by atoms with Gasteiger partial charge in [0.1, 0.15) is 5.75 Å². The molecule has 128 valence electrons. The van der Waals surface area contributed by atoms with Gasteiger partial charge in [-0.15, -0.1) is 0 Å². The largest absolute Gasteiger partial charge is 0.494 e. The summed E-state index contributed by atoms with van der Waals surface area (Å²) in [6.45, 7) is 3.34. The number of nitrogens with one attached hydrogen (secondary N) is 2. The highest BCUT2D eigenvalue weighted by Crippen LogP contribution is 2.17. The summed E-state index contributed by atoms with van der Waals surface area (Å²) in [5.74, 6) is 0.846. The van der Waals surface area contributed by atoms with Crippen molar-refractivity contribution in [1.82, 2.24) is 9.78 Å². The van der Waals surface area contributed by atoms with E-state index in [-0.39, 0.29) is 0 Å². The first kappa shape index (κ1) is 17.0. The van der Waals surface area contributed by atoms with Gasteiger partial charge in [-0.3, -0.25) is 4.68 Å². The smallest absolute Gasteiger partial charge is 0.175 e. The average molecular weight is 352 g/mol. The second kappa shape index (κ2) is 8.30. The molecule has 2 aromatic carbocycles. The number of hydrogen-bond donors (Lipinski definition) is 2. The minimum Gasteiger partial charge on any atom is -0.494 e. The van der Waals surface area contributed by atoms with Crippen molar-refractivity contribution in [2.45, 2.75) is 13.5 Å². The number of ether oxygens (including phenoxy) is 1. The predicted molar refractivity (Wildman–Crippen MR) is 105 cm³/mol. The van der Waals surface area contributed by atoms with Gasteiger partial charge in [-0.2, -0.15) is 5.10 Å². The van der Waals surface area contributed by atoms with Gasteiger partial charge >= 0.3 is 0 Å². The van der Waals surface area contributed by atoms with Crippen LogP contribution in [0.25, 0.3) is 0 Å². The minimum atomic E-state index is 0.542. The Morgan fingerprint density at radius 1 is 1.08 bits per heavy atom. The second-order valence-corrected chi connectivity index (χ2v) is 5.85. The van der Waals surface area contributed by atoms with E-state index in [9.17, 15) is 0 Å². The quantitative estimate of drug-likeness (QED) is 0.653. The van der Waals surface area contributed by atoms with E-state index in [0.29, 0.717) is 11.7 Å². The molecule has 0 atom stereocenters. The maximum atomic E-state index is 5.43. The lowest BCUT2D eigenvalue weighted by molar-refractivity contribution is 0.340. The summed E-state index contributed by atoms with van der Waals surface area (Å²) < 4.78 is 7.32. The van der Waals surface area contributed by atoms with E-state index < -0.39 is 0 Å². The van der Waals surface area contributed by atoms with Crippen molar-refractivity contribution in [2.75, 3.05) is 17.2 Å². The highest BCUT2D eigenvalue weighted by molar-refractivity contribution is 7.80. The van der Waals surface area contributed by atoms with E-state index in [0.717, 1.165) is 29.2 Å². The summed E-state index contributed by atoms with van der Waals surface area (Å²) >= 11 is 5.39. The van der Waals surface area contributed by atoms with Gasteiger partial charge in [0.25, 0.3) is 0 Å². The third-order valence-electron chi connectivity index (χ3n) is 3.51. The van der Waals surface area contributed by atoms with Crippen LogP contribution in [-0.2, 0) is 6.54 Å². The van der Waals surface area contributed by atoms with Gasteiger partial charge in [0, 0.05) is 23.8 Å². The van der Waals surface area contributed by atoms with Crippen LogP contribution in [0.5, 0.6) is 5.75 Å². The first-order chi connectivity index (χ1) is 12.2. The van der Waals surface area contributed by atoms with Crippen LogP contribution in [0.15, 0.2) is 67.0 Å². The molecule has 0 radical (unpaired) electrons. The molecule has 5 nitrogen and oxygen atoms in total. The Morgan fingerprint density at radius 2 is 1.88 bits per heavy atom. The summed E-state index contributed by atoms with van der Waals surface area (Å²) in [4.78, 5) is 0. The van der Waals surface area contributed by atoms with Crippen molar-refractivity contribution in [2.24, 2.45) is 0 Å². The van der Waals surface area contributed by atoms with E-state index in [1.807, 2.05) is 60.3 Å². The molecule has 0 bridgehead atoms. The van der Waals surface area contributed by atoms with Gasteiger partial charge in [-0.05, 0) is 67.2 Å². The minimum absolute atomic E-state index is 0.542. The Bertz CT molecular complexity index is 816. The number of hydrogen-bond acceptors (Lipinski definition) is 3. The number of anilines is 2. The molecule has 2 N–H and O–H groups in total.